The third kappa shape index (κ3) is 7.82. The van der Waals surface area contributed by atoms with Crippen molar-refractivity contribution in [3.8, 4) is 0 Å². The number of halogens is 1. The Hall–Kier alpha value is -1.55. The van der Waals surface area contributed by atoms with Crippen molar-refractivity contribution in [3.05, 3.63) is 42.1 Å². The monoisotopic (exact) mass is 447 g/mol. The number of aryl methyl sites for hydroxylation is 1. The van der Waals surface area contributed by atoms with E-state index in [0.717, 1.165) is 36.8 Å². The second-order valence-electron chi connectivity index (χ2n) is 5.13. The molecule has 0 unspecified atom stereocenters. The second kappa shape index (κ2) is 11.9. The lowest BCUT2D eigenvalue weighted by molar-refractivity contribution is 0.105. The maximum atomic E-state index is 5.55. The van der Waals surface area contributed by atoms with Crippen molar-refractivity contribution >= 4 is 29.9 Å². The van der Waals surface area contributed by atoms with E-state index in [1.807, 2.05) is 38.5 Å². The number of hydrogen-bond donors (Lipinski definition) is 2. The lowest BCUT2D eigenvalue weighted by Gasteiger charge is -2.11. The normalized spacial score (nSPS) is 11.2. The molecule has 2 aromatic rings. The Balaban J connectivity index is 0.00000288. The molecular weight excluding hydrogens is 421 g/mol. The molecule has 0 aliphatic rings. The molecule has 0 fully saturated rings. The molecule has 2 rings (SSSR count). The van der Waals surface area contributed by atoms with Gasteiger partial charge in [0, 0.05) is 38.5 Å². The fourth-order valence-electron chi connectivity index (χ4n) is 2.01. The Morgan fingerprint density at radius 3 is 2.96 bits per heavy atom. The predicted octanol–water partition coefficient (Wildman–Crippen LogP) is 2.29. The highest BCUT2D eigenvalue weighted by molar-refractivity contribution is 14.0. The SMILES string of the molecule is CCNC(=NCc1cnn(C)c1)NCCCOCc1ccco1.I. The van der Waals surface area contributed by atoms with Gasteiger partial charge in [-0.15, -0.1) is 24.0 Å². The first-order chi connectivity index (χ1) is 11.3. The van der Waals surface area contributed by atoms with Crippen LogP contribution in [0.15, 0.2) is 40.2 Å². The van der Waals surface area contributed by atoms with Gasteiger partial charge in [0.2, 0.25) is 0 Å². The van der Waals surface area contributed by atoms with Gasteiger partial charge in [0.05, 0.1) is 19.0 Å². The number of aromatic nitrogens is 2. The zero-order valence-electron chi connectivity index (χ0n) is 14.2. The van der Waals surface area contributed by atoms with Gasteiger partial charge in [-0.25, -0.2) is 4.99 Å². The molecule has 0 amide bonds. The van der Waals surface area contributed by atoms with E-state index >= 15 is 0 Å². The molecule has 0 radical (unpaired) electrons. The summed E-state index contributed by atoms with van der Waals surface area (Å²) in [6.07, 6.45) is 6.35. The van der Waals surface area contributed by atoms with Crippen molar-refractivity contribution < 1.29 is 9.15 Å². The average molecular weight is 447 g/mol. The largest absolute Gasteiger partial charge is 0.467 e. The fourth-order valence-corrected chi connectivity index (χ4v) is 2.01. The summed E-state index contributed by atoms with van der Waals surface area (Å²) in [6.45, 7) is 5.48. The zero-order valence-corrected chi connectivity index (χ0v) is 16.5. The van der Waals surface area contributed by atoms with Crippen molar-refractivity contribution in [2.45, 2.75) is 26.5 Å². The van der Waals surface area contributed by atoms with Crippen LogP contribution in [0, 0.1) is 0 Å². The summed E-state index contributed by atoms with van der Waals surface area (Å²) < 4.78 is 12.5. The number of nitrogens with one attached hydrogen (secondary N) is 2. The first kappa shape index (κ1) is 20.5. The molecule has 0 bridgehead atoms. The minimum Gasteiger partial charge on any atom is -0.467 e. The third-order valence-corrected chi connectivity index (χ3v) is 3.10. The highest BCUT2D eigenvalue weighted by atomic mass is 127. The van der Waals surface area contributed by atoms with Gasteiger partial charge < -0.3 is 19.8 Å². The van der Waals surface area contributed by atoms with Gasteiger partial charge in [0.15, 0.2) is 5.96 Å². The summed E-state index contributed by atoms with van der Waals surface area (Å²) in [5, 5.41) is 10.7. The number of nitrogens with zero attached hydrogens (tertiary/aromatic N) is 3. The van der Waals surface area contributed by atoms with E-state index in [9.17, 15) is 0 Å². The van der Waals surface area contributed by atoms with Crippen molar-refractivity contribution in [1.29, 1.82) is 0 Å². The molecule has 7 nitrogen and oxygen atoms in total. The summed E-state index contributed by atoms with van der Waals surface area (Å²) >= 11 is 0. The minimum absolute atomic E-state index is 0. The Kier molecular flexibility index (Phi) is 10.2. The van der Waals surface area contributed by atoms with Crippen LogP contribution in [0.2, 0.25) is 0 Å². The van der Waals surface area contributed by atoms with Gasteiger partial charge in [-0.1, -0.05) is 0 Å². The van der Waals surface area contributed by atoms with Crippen molar-refractivity contribution in [2.24, 2.45) is 12.0 Å². The van der Waals surface area contributed by atoms with E-state index in [0.29, 0.717) is 19.8 Å². The minimum atomic E-state index is 0. The summed E-state index contributed by atoms with van der Waals surface area (Å²) in [5.41, 5.74) is 1.09. The van der Waals surface area contributed by atoms with Gasteiger partial charge in [0.25, 0.3) is 0 Å². The molecular formula is C16H26IN5O2. The lowest BCUT2D eigenvalue weighted by Crippen LogP contribution is -2.38. The van der Waals surface area contributed by atoms with Crippen molar-refractivity contribution in [1.82, 2.24) is 20.4 Å². The van der Waals surface area contributed by atoms with Gasteiger partial charge in [-0.2, -0.15) is 5.10 Å². The lowest BCUT2D eigenvalue weighted by atomic mass is 10.4. The summed E-state index contributed by atoms with van der Waals surface area (Å²) in [5.74, 6) is 1.66. The van der Waals surface area contributed by atoms with E-state index < -0.39 is 0 Å². The van der Waals surface area contributed by atoms with Gasteiger partial charge in [0.1, 0.15) is 12.4 Å². The van der Waals surface area contributed by atoms with Crippen LogP contribution >= 0.6 is 24.0 Å². The number of rotatable bonds is 9. The van der Waals surface area contributed by atoms with Crippen LogP contribution in [0.25, 0.3) is 0 Å². The second-order valence-corrected chi connectivity index (χ2v) is 5.13. The molecule has 134 valence electrons. The maximum absolute atomic E-state index is 5.55. The molecule has 2 aromatic heterocycles. The van der Waals surface area contributed by atoms with Crippen LogP contribution in [0.3, 0.4) is 0 Å². The van der Waals surface area contributed by atoms with E-state index in [2.05, 4.69) is 20.7 Å². The van der Waals surface area contributed by atoms with E-state index in [4.69, 9.17) is 9.15 Å². The van der Waals surface area contributed by atoms with Crippen LogP contribution in [0.1, 0.15) is 24.7 Å². The highest BCUT2D eigenvalue weighted by Gasteiger charge is 1.99. The number of furan rings is 1. The summed E-state index contributed by atoms with van der Waals surface area (Å²) in [4.78, 5) is 4.54. The number of ether oxygens (including phenoxy) is 1. The first-order valence-electron chi connectivity index (χ1n) is 7.87. The van der Waals surface area contributed by atoms with E-state index in [1.165, 1.54) is 0 Å². The third-order valence-electron chi connectivity index (χ3n) is 3.10. The van der Waals surface area contributed by atoms with Crippen LogP contribution in [0.4, 0.5) is 0 Å². The van der Waals surface area contributed by atoms with Gasteiger partial charge >= 0.3 is 0 Å². The molecule has 0 aliphatic heterocycles. The van der Waals surface area contributed by atoms with Gasteiger partial charge in [-0.05, 0) is 25.5 Å². The van der Waals surface area contributed by atoms with E-state index in [1.54, 1.807) is 10.9 Å². The standard InChI is InChI=1S/C16H25N5O2.HI/c1-3-17-16(19-10-14-11-20-21(2)12-14)18-7-5-8-22-13-15-6-4-9-23-15;/h4,6,9,11-12H,3,5,7-8,10,13H2,1-2H3,(H2,17,18,19);1H. The van der Waals surface area contributed by atoms with Crippen molar-refractivity contribution in [2.75, 3.05) is 19.7 Å². The number of guanidine groups is 1. The number of hydrogen-bond acceptors (Lipinski definition) is 4. The molecule has 24 heavy (non-hydrogen) atoms. The molecule has 0 atom stereocenters. The highest BCUT2D eigenvalue weighted by Crippen LogP contribution is 2.01. The molecule has 0 saturated heterocycles. The maximum Gasteiger partial charge on any atom is 0.191 e. The zero-order chi connectivity index (χ0) is 16.3. The predicted molar refractivity (Wildman–Crippen MR) is 104 cm³/mol. The molecule has 0 aliphatic carbocycles. The molecule has 8 heteroatoms. The molecule has 0 aromatic carbocycles. The van der Waals surface area contributed by atoms with E-state index in [-0.39, 0.29) is 24.0 Å². The number of aliphatic imine (C=N–C) groups is 1. The van der Waals surface area contributed by atoms with Crippen molar-refractivity contribution in [3.63, 3.8) is 0 Å². The Morgan fingerprint density at radius 1 is 1.42 bits per heavy atom. The topological polar surface area (TPSA) is 76.6 Å². The van der Waals surface area contributed by atoms with Crippen LogP contribution in [-0.4, -0.2) is 35.4 Å². The molecule has 0 saturated carbocycles. The van der Waals surface area contributed by atoms with Crippen LogP contribution < -0.4 is 10.6 Å². The molecule has 2 N–H and O–H groups in total. The Labute approximate surface area is 159 Å². The fraction of sp³-hybridized carbons (Fsp3) is 0.500. The average Bonchev–Trinajstić information content (AvgIpc) is 3.19. The Bertz CT molecular complexity index is 583. The molecule has 2 heterocycles. The van der Waals surface area contributed by atoms with Crippen LogP contribution in [0.5, 0.6) is 0 Å². The summed E-state index contributed by atoms with van der Waals surface area (Å²) in [6, 6.07) is 3.77. The first-order valence-corrected chi connectivity index (χ1v) is 7.87. The molecule has 0 spiro atoms. The smallest absolute Gasteiger partial charge is 0.191 e. The van der Waals surface area contributed by atoms with Gasteiger partial charge in [-0.3, -0.25) is 4.68 Å². The Morgan fingerprint density at radius 2 is 2.29 bits per heavy atom. The van der Waals surface area contributed by atoms with Crippen LogP contribution in [-0.2, 0) is 24.9 Å². The summed E-state index contributed by atoms with van der Waals surface area (Å²) in [7, 11) is 1.90. The quantitative estimate of drug-likeness (QED) is 0.267.